The van der Waals surface area contributed by atoms with E-state index in [2.05, 4.69) is 5.32 Å². The minimum absolute atomic E-state index is 0.0514. The van der Waals surface area contributed by atoms with E-state index in [4.69, 9.17) is 4.74 Å². The Hall–Kier alpha value is -2.16. The summed E-state index contributed by atoms with van der Waals surface area (Å²) in [5, 5.41) is 2.36. The number of halogens is 2. The zero-order valence-electron chi connectivity index (χ0n) is 14.3. The number of amides is 2. The van der Waals surface area contributed by atoms with Gasteiger partial charge in [0, 0.05) is 23.9 Å². The molecule has 1 aromatic carbocycles. The Morgan fingerprint density at radius 2 is 2.12 bits per heavy atom. The molecule has 3 rings (SSSR count). The van der Waals surface area contributed by atoms with Gasteiger partial charge in [0.1, 0.15) is 6.04 Å². The minimum atomic E-state index is -1.15. The van der Waals surface area contributed by atoms with Gasteiger partial charge in [-0.1, -0.05) is 0 Å². The van der Waals surface area contributed by atoms with Gasteiger partial charge in [-0.25, -0.2) is 13.6 Å². The Bertz CT molecular complexity index is 775. The minimum Gasteiger partial charge on any atom is -0.451 e. The maximum atomic E-state index is 13.2. The van der Waals surface area contributed by atoms with Crippen LogP contribution in [-0.4, -0.2) is 45.5 Å². The number of hydrogen-bond donors (Lipinski definition) is 1. The van der Waals surface area contributed by atoms with Gasteiger partial charge in [-0.3, -0.25) is 9.59 Å². The molecule has 0 saturated carbocycles. The first-order valence-electron chi connectivity index (χ1n) is 8.14. The molecule has 0 radical (unpaired) electrons. The molecule has 26 heavy (non-hydrogen) atoms. The number of carbonyl (C=O) groups is 3. The summed E-state index contributed by atoms with van der Waals surface area (Å²) in [6, 6.07) is 2.20. The van der Waals surface area contributed by atoms with E-state index in [1.807, 2.05) is 6.92 Å². The van der Waals surface area contributed by atoms with Crippen molar-refractivity contribution in [1.29, 1.82) is 0 Å². The van der Waals surface area contributed by atoms with E-state index in [9.17, 15) is 23.2 Å². The molecule has 1 aromatic rings. The molecule has 6 nitrogen and oxygen atoms in total. The number of nitrogens with one attached hydrogen (secondary N) is 1. The summed E-state index contributed by atoms with van der Waals surface area (Å²) in [5.41, 5.74) is 0.0514. The van der Waals surface area contributed by atoms with Gasteiger partial charge in [0.2, 0.25) is 5.91 Å². The monoisotopic (exact) mass is 384 g/mol. The molecule has 0 unspecified atom stereocenters. The molecule has 3 atom stereocenters. The second-order valence-corrected chi connectivity index (χ2v) is 7.96. The first-order chi connectivity index (χ1) is 12.2. The van der Waals surface area contributed by atoms with Crippen molar-refractivity contribution in [1.82, 2.24) is 4.90 Å². The fourth-order valence-electron chi connectivity index (χ4n) is 3.12. The van der Waals surface area contributed by atoms with Gasteiger partial charge in [-0.2, -0.15) is 0 Å². The van der Waals surface area contributed by atoms with Crippen LogP contribution in [0.15, 0.2) is 18.2 Å². The van der Waals surface area contributed by atoms with Crippen LogP contribution in [0.1, 0.15) is 26.7 Å². The second kappa shape index (κ2) is 6.86. The van der Waals surface area contributed by atoms with E-state index in [0.717, 1.165) is 12.1 Å². The number of anilines is 1. The van der Waals surface area contributed by atoms with Gasteiger partial charge < -0.3 is 15.0 Å². The van der Waals surface area contributed by atoms with Crippen LogP contribution >= 0.6 is 11.8 Å². The summed E-state index contributed by atoms with van der Waals surface area (Å²) in [6.45, 7) is 3.29. The van der Waals surface area contributed by atoms with E-state index in [0.29, 0.717) is 18.6 Å². The zero-order chi connectivity index (χ0) is 19.1. The van der Waals surface area contributed by atoms with Crippen molar-refractivity contribution in [3.63, 3.8) is 0 Å². The summed E-state index contributed by atoms with van der Waals surface area (Å²) in [4.78, 5) is 37.7. The number of esters is 1. The molecule has 0 bridgehead atoms. The van der Waals surface area contributed by atoms with Crippen LogP contribution in [0.2, 0.25) is 0 Å². The topological polar surface area (TPSA) is 75.7 Å². The van der Waals surface area contributed by atoms with Crippen LogP contribution in [0.4, 0.5) is 14.5 Å². The number of benzene rings is 1. The van der Waals surface area contributed by atoms with E-state index >= 15 is 0 Å². The summed E-state index contributed by atoms with van der Waals surface area (Å²) < 4.78 is 31.3. The van der Waals surface area contributed by atoms with Crippen molar-refractivity contribution in [2.75, 3.05) is 11.1 Å². The van der Waals surface area contributed by atoms with Crippen molar-refractivity contribution in [3.8, 4) is 0 Å². The van der Waals surface area contributed by atoms with E-state index in [1.54, 1.807) is 4.90 Å². The number of ether oxygens (including phenoxy) is 1. The van der Waals surface area contributed by atoms with Gasteiger partial charge in [0.25, 0.3) is 5.91 Å². The van der Waals surface area contributed by atoms with Gasteiger partial charge in [-0.15, -0.1) is 11.8 Å². The fourth-order valence-corrected chi connectivity index (χ4v) is 4.54. The van der Waals surface area contributed by atoms with Crippen molar-refractivity contribution >= 4 is 35.2 Å². The molecule has 9 heteroatoms. The van der Waals surface area contributed by atoms with E-state index in [1.165, 1.54) is 24.8 Å². The highest BCUT2D eigenvalue weighted by Crippen LogP contribution is 2.47. The third-order valence-electron chi connectivity index (χ3n) is 4.57. The first kappa shape index (κ1) is 18.6. The second-order valence-electron chi connectivity index (χ2n) is 6.46. The Labute approximate surface area is 153 Å². The molecule has 0 aromatic heterocycles. The third-order valence-corrected chi connectivity index (χ3v) is 6.07. The van der Waals surface area contributed by atoms with Crippen molar-refractivity contribution < 1.29 is 27.9 Å². The molecule has 2 amide bonds. The molecule has 2 heterocycles. The van der Waals surface area contributed by atoms with Crippen LogP contribution in [-0.2, 0) is 19.1 Å². The fraction of sp³-hybridized carbons (Fsp3) is 0.471. The van der Waals surface area contributed by atoms with Gasteiger partial charge in [0.15, 0.2) is 17.7 Å². The van der Waals surface area contributed by atoms with Crippen LogP contribution in [0.3, 0.4) is 0 Å². The molecule has 1 N–H and O–H groups in total. The van der Waals surface area contributed by atoms with Crippen LogP contribution in [0, 0.1) is 11.6 Å². The number of nitrogens with zero attached hydrogens (tertiary/aromatic N) is 1. The molecule has 0 aliphatic carbocycles. The number of carbonyl (C=O) groups excluding carboxylic acids is 3. The standard InChI is InChI=1S/C17H18F2N2O4S/c1-9(15(23)20-10-3-4-11(18)12(19)7-10)25-16(24)13-8-26-17(2)6-5-14(22)21(13)17/h3-4,7,9,13H,5-6,8H2,1-2H3,(H,20,23)/t9-,13+,17+/m1/s1. The molecule has 2 saturated heterocycles. The molecule has 0 spiro atoms. The van der Waals surface area contributed by atoms with Crippen molar-refractivity contribution in [2.24, 2.45) is 0 Å². The van der Waals surface area contributed by atoms with Gasteiger partial charge >= 0.3 is 5.97 Å². The van der Waals surface area contributed by atoms with Crippen LogP contribution in [0.25, 0.3) is 0 Å². The lowest BCUT2D eigenvalue weighted by molar-refractivity contribution is -0.160. The lowest BCUT2D eigenvalue weighted by Gasteiger charge is -2.29. The van der Waals surface area contributed by atoms with Crippen LogP contribution in [0.5, 0.6) is 0 Å². The number of hydrogen-bond acceptors (Lipinski definition) is 5. The van der Waals surface area contributed by atoms with Gasteiger partial charge in [-0.05, 0) is 32.4 Å². The average molecular weight is 384 g/mol. The summed E-state index contributed by atoms with van der Waals surface area (Å²) in [7, 11) is 0. The summed E-state index contributed by atoms with van der Waals surface area (Å²) >= 11 is 1.52. The molecular weight excluding hydrogens is 366 g/mol. The Morgan fingerprint density at radius 1 is 1.38 bits per heavy atom. The zero-order valence-corrected chi connectivity index (χ0v) is 15.1. The van der Waals surface area contributed by atoms with Crippen molar-refractivity contribution in [2.45, 2.75) is 43.7 Å². The van der Waals surface area contributed by atoms with E-state index < -0.39 is 40.5 Å². The Morgan fingerprint density at radius 3 is 2.81 bits per heavy atom. The van der Waals surface area contributed by atoms with E-state index in [-0.39, 0.29) is 11.6 Å². The maximum Gasteiger partial charge on any atom is 0.330 e. The molecular formula is C17H18F2N2O4S. The summed E-state index contributed by atoms with van der Waals surface area (Å²) in [6.07, 6.45) is -0.0866. The maximum absolute atomic E-state index is 13.2. The summed E-state index contributed by atoms with van der Waals surface area (Å²) in [5.74, 6) is -3.13. The average Bonchev–Trinajstić information content (AvgIpc) is 3.07. The largest absolute Gasteiger partial charge is 0.451 e. The number of rotatable bonds is 4. The SMILES string of the molecule is C[C@@H](OC(=O)[C@@H]1CS[C@@]2(C)CCC(=O)N12)C(=O)Nc1ccc(F)c(F)c1. The highest BCUT2D eigenvalue weighted by atomic mass is 32.2. The lowest BCUT2D eigenvalue weighted by Crippen LogP contribution is -2.48. The van der Waals surface area contributed by atoms with Crippen LogP contribution < -0.4 is 5.32 Å². The Kier molecular flexibility index (Phi) is 4.92. The normalized spacial score (nSPS) is 25.8. The molecule has 2 aliphatic heterocycles. The lowest BCUT2D eigenvalue weighted by atomic mass is 10.2. The molecule has 2 fully saturated rings. The number of fused-ring (bicyclic) bond motifs is 1. The number of thioether (sulfide) groups is 1. The highest BCUT2D eigenvalue weighted by molar-refractivity contribution is 8.01. The highest BCUT2D eigenvalue weighted by Gasteiger charge is 2.53. The molecule has 2 aliphatic rings. The third kappa shape index (κ3) is 3.40. The smallest absolute Gasteiger partial charge is 0.330 e. The van der Waals surface area contributed by atoms with Crippen molar-refractivity contribution in [3.05, 3.63) is 29.8 Å². The molecule has 140 valence electrons. The predicted molar refractivity (Wildman–Crippen MR) is 91.3 cm³/mol. The predicted octanol–water partition coefficient (Wildman–Crippen LogP) is 2.29. The Balaban J connectivity index is 1.61. The van der Waals surface area contributed by atoms with Gasteiger partial charge in [0.05, 0.1) is 4.87 Å². The quantitative estimate of drug-likeness (QED) is 0.806. The first-order valence-corrected chi connectivity index (χ1v) is 9.12.